The number of benzene rings is 2. The Kier molecular flexibility index (Phi) is 6.26. The minimum Gasteiger partial charge on any atom is -0.493 e. The van der Waals surface area contributed by atoms with Crippen molar-refractivity contribution >= 4 is 29.0 Å². The lowest BCUT2D eigenvalue weighted by Gasteiger charge is -2.12. The molecule has 0 spiro atoms. The van der Waals surface area contributed by atoms with Crippen LogP contribution in [0.25, 0.3) is 6.08 Å². The van der Waals surface area contributed by atoms with E-state index in [9.17, 15) is 9.59 Å². The molecule has 0 aromatic heterocycles. The Balaban J connectivity index is 1.60. The van der Waals surface area contributed by atoms with Crippen molar-refractivity contribution in [2.75, 3.05) is 20.3 Å². The zero-order valence-electron chi connectivity index (χ0n) is 15.9. The smallest absolute Gasteiger partial charge is 0.290 e. The highest BCUT2D eigenvalue weighted by Crippen LogP contribution is 2.31. The van der Waals surface area contributed by atoms with Gasteiger partial charge in [-0.2, -0.15) is 0 Å². The number of imide groups is 1. The number of amides is 2. The van der Waals surface area contributed by atoms with Gasteiger partial charge in [0.1, 0.15) is 19.0 Å². The monoisotopic (exact) mass is 399 g/mol. The quantitative estimate of drug-likeness (QED) is 0.558. The summed E-state index contributed by atoms with van der Waals surface area (Å²) in [5.74, 6) is 1.54. The molecular formula is C21H21NO5S. The van der Waals surface area contributed by atoms with Gasteiger partial charge >= 0.3 is 0 Å². The van der Waals surface area contributed by atoms with Crippen molar-refractivity contribution in [3.63, 3.8) is 0 Å². The summed E-state index contributed by atoms with van der Waals surface area (Å²) in [6.07, 6.45) is 1.64. The van der Waals surface area contributed by atoms with Crippen molar-refractivity contribution in [2.45, 2.75) is 13.8 Å². The van der Waals surface area contributed by atoms with Gasteiger partial charge in [-0.05, 0) is 72.6 Å². The van der Waals surface area contributed by atoms with E-state index in [0.29, 0.717) is 29.6 Å². The van der Waals surface area contributed by atoms with E-state index >= 15 is 0 Å². The van der Waals surface area contributed by atoms with Crippen LogP contribution < -0.4 is 19.5 Å². The van der Waals surface area contributed by atoms with Crippen molar-refractivity contribution < 1.29 is 23.8 Å². The fourth-order valence-corrected chi connectivity index (χ4v) is 3.48. The molecule has 1 heterocycles. The molecule has 3 rings (SSSR count). The molecule has 1 aliphatic rings. The second kappa shape index (κ2) is 8.84. The number of hydrogen-bond donors (Lipinski definition) is 1. The highest BCUT2D eigenvalue weighted by molar-refractivity contribution is 8.18. The second-order valence-electron chi connectivity index (χ2n) is 6.28. The molecule has 6 nitrogen and oxygen atoms in total. The van der Waals surface area contributed by atoms with Crippen molar-refractivity contribution in [1.82, 2.24) is 5.32 Å². The van der Waals surface area contributed by atoms with E-state index in [1.807, 2.05) is 26.0 Å². The Morgan fingerprint density at radius 2 is 1.68 bits per heavy atom. The Hall–Kier alpha value is -2.93. The van der Waals surface area contributed by atoms with Crippen molar-refractivity contribution in [1.29, 1.82) is 0 Å². The lowest BCUT2D eigenvalue weighted by molar-refractivity contribution is -0.115. The van der Waals surface area contributed by atoms with Crippen molar-refractivity contribution in [2.24, 2.45) is 0 Å². The number of hydrogen-bond acceptors (Lipinski definition) is 6. The molecule has 0 aliphatic carbocycles. The van der Waals surface area contributed by atoms with Crippen LogP contribution in [0.4, 0.5) is 4.79 Å². The first-order valence-electron chi connectivity index (χ1n) is 8.71. The largest absolute Gasteiger partial charge is 0.493 e. The van der Waals surface area contributed by atoms with E-state index in [2.05, 4.69) is 11.4 Å². The molecule has 7 heteroatoms. The highest BCUT2D eigenvalue weighted by atomic mass is 32.2. The molecule has 1 saturated heterocycles. The zero-order valence-corrected chi connectivity index (χ0v) is 16.7. The van der Waals surface area contributed by atoms with Gasteiger partial charge in [-0.3, -0.25) is 14.9 Å². The first-order chi connectivity index (χ1) is 13.4. The van der Waals surface area contributed by atoms with E-state index < -0.39 is 5.91 Å². The number of ether oxygens (including phenoxy) is 3. The average Bonchev–Trinajstić information content (AvgIpc) is 2.95. The van der Waals surface area contributed by atoms with E-state index in [-0.39, 0.29) is 5.24 Å². The Morgan fingerprint density at radius 1 is 0.964 bits per heavy atom. The van der Waals surface area contributed by atoms with Gasteiger partial charge in [-0.15, -0.1) is 0 Å². The standard InChI is InChI=1S/C21H21NO5S/c1-13-8-14(2)10-16(9-13)26-6-7-27-17-5-4-15(11-18(17)25-3)12-19-20(23)22-21(24)28-19/h4-5,8-12H,6-7H2,1-3H3,(H,22,23,24)/b19-12+. The second-order valence-corrected chi connectivity index (χ2v) is 7.30. The van der Waals surface area contributed by atoms with Crippen LogP contribution in [-0.4, -0.2) is 31.5 Å². The van der Waals surface area contributed by atoms with Crippen LogP contribution in [0.2, 0.25) is 0 Å². The van der Waals surface area contributed by atoms with Crippen molar-refractivity contribution in [3.8, 4) is 17.2 Å². The van der Waals surface area contributed by atoms with Gasteiger partial charge in [0.2, 0.25) is 0 Å². The molecular weight excluding hydrogens is 378 g/mol. The normalized spacial score (nSPS) is 14.9. The maximum atomic E-state index is 11.7. The molecule has 1 N–H and O–H groups in total. The van der Waals surface area contributed by atoms with Crippen molar-refractivity contribution in [3.05, 3.63) is 58.0 Å². The molecule has 1 fully saturated rings. The summed E-state index contributed by atoms with van der Waals surface area (Å²) in [5.41, 5.74) is 3.04. The molecule has 28 heavy (non-hydrogen) atoms. The van der Waals surface area contributed by atoms with Crippen LogP contribution in [-0.2, 0) is 4.79 Å². The molecule has 0 unspecified atom stereocenters. The van der Waals surface area contributed by atoms with Crippen LogP contribution in [0.15, 0.2) is 41.3 Å². The van der Waals surface area contributed by atoms with E-state index in [1.165, 1.54) is 0 Å². The molecule has 2 aromatic rings. The molecule has 0 radical (unpaired) electrons. The minimum absolute atomic E-state index is 0.350. The van der Waals surface area contributed by atoms with Crippen LogP contribution in [0, 0.1) is 13.8 Å². The summed E-state index contributed by atoms with van der Waals surface area (Å²) in [4.78, 5) is 23.3. The maximum absolute atomic E-state index is 11.7. The van der Waals surface area contributed by atoms with Crippen LogP contribution >= 0.6 is 11.8 Å². The number of rotatable bonds is 7. The molecule has 146 valence electrons. The highest BCUT2D eigenvalue weighted by Gasteiger charge is 2.25. The predicted molar refractivity (Wildman–Crippen MR) is 109 cm³/mol. The fraction of sp³-hybridized carbons (Fsp3) is 0.238. The molecule has 0 bridgehead atoms. The Bertz CT molecular complexity index is 918. The van der Waals surface area contributed by atoms with Crippen LogP contribution in [0.1, 0.15) is 16.7 Å². The third kappa shape index (κ3) is 5.07. The fourth-order valence-electron chi connectivity index (χ4n) is 2.79. The Labute approximate surface area is 167 Å². The first kappa shape index (κ1) is 19.8. The molecule has 0 saturated carbocycles. The van der Waals surface area contributed by atoms with Crippen LogP contribution in [0.5, 0.6) is 17.2 Å². The topological polar surface area (TPSA) is 73.9 Å². The minimum atomic E-state index is -0.391. The molecule has 1 aliphatic heterocycles. The van der Waals surface area contributed by atoms with Gasteiger partial charge in [0.05, 0.1) is 12.0 Å². The number of aryl methyl sites for hydroxylation is 2. The lowest BCUT2D eigenvalue weighted by atomic mass is 10.1. The lowest BCUT2D eigenvalue weighted by Crippen LogP contribution is -2.17. The average molecular weight is 399 g/mol. The summed E-state index contributed by atoms with van der Waals surface area (Å²) in [6, 6.07) is 11.4. The van der Waals surface area contributed by atoms with Crippen LogP contribution in [0.3, 0.4) is 0 Å². The van der Waals surface area contributed by atoms with Gasteiger partial charge < -0.3 is 14.2 Å². The number of carbonyl (C=O) groups is 2. The van der Waals surface area contributed by atoms with Gasteiger partial charge in [0.25, 0.3) is 11.1 Å². The summed E-state index contributed by atoms with van der Waals surface area (Å²) >= 11 is 0.876. The number of carbonyl (C=O) groups excluding carboxylic acids is 2. The molecule has 2 amide bonds. The summed E-state index contributed by atoms with van der Waals surface area (Å²) in [6.45, 7) is 4.82. The predicted octanol–water partition coefficient (Wildman–Crippen LogP) is 4.09. The summed E-state index contributed by atoms with van der Waals surface area (Å²) in [5, 5.41) is 1.86. The van der Waals surface area contributed by atoms with Gasteiger partial charge in [-0.25, -0.2) is 0 Å². The first-order valence-corrected chi connectivity index (χ1v) is 9.53. The van der Waals surface area contributed by atoms with Gasteiger partial charge in [0, 0.05) is 0 Å². The number of methoxy groups -OCH3 is 1. The van der Waals surface area contributed by atoms with Gasteiger partial charge in [-0.1, -0.05) is 12.1 Å². The molecule has 0 atom stereocenters. The van der Waals surface area contributed by atoms with E-state index in [4.69, 9.17) is 14.2 Å². The summed E-state index contributed by atoms with van der Waals surface area (Å²) in [7, 11) is 1.55. The number of thioether (sulfide) groups is 1. The Morgan fingerprint density at radius 3 is 2.32 bits per heavy atom. The maximum Gasteiger partial charge on any atom is 0.290 e. The van der Waals surface area contributed by atoms with E-state index in [0.717, 1.165) is 34.2 Å². The van der Waals surface area contributed by atoms with Gasteiger partial charge in [0.15, 0.2) is 11.5 Å². The third-order valence-electron chi connectivity index (χ3n) is 3.93. The third-order valence-corrected chi connectivity index (χ3v) is 4.74. The van der Waals surface area contributed by atoms with E-state index in [1.54, 1.807) is 31.4 Å². The summed E-state index contributed by atoms with van der Waals surface area (Å²) < 4.78 is 16.9. The SMILES string of the molecule is COc1cc(/C=C2/SC(=O)NC2=O)ccc1OCCOc1cc(C)cc(C)c1. The zero-order chi connectivity index (χ0) is 20.1. The number of nitrogens with one attached hydrogen (secondary N) is 1. The molecule has 2 aromatic carbocycles.